The van der Waals surface area contributed by atoms with Crippen molar-refractivity contribution in [2.45, 2.75) is 45.6 Å². The van der Waals surface area contributed by atoms with Crippen LogP contribution in [0.2, 0.25) is 0 Å². The molecule has 0 aliphatic heterocycles. The number of aryl methyl sites for hydroxylation is 1. The lowest BCUT2D eigenvalue weighted by Crippen LogP contribution is -2.25. The van der Waals surface area contributed by atoms with Crippen molar-refractivity contribution in [1.29, 1.82) is 0 Å². The van der Waals surface area contributed by atoms with Crippen molar-refractivity contribution < 1.29 is 4.79 Å². The molecule has 1 fully saturated rings. The quantitative estimate of drug-likeness (QED) is 0.707. The first-order valence-electron chi connectivity index (χ1n) is 7.07. The summed E-state index contributed by atoms with van der Waals surface area (Å²) >= 11 is 0. The highest BCUT2D eigenvalue weighted by Crippen LogP contribution is 2.30. The molecule has 1 aromatic rings. The first-order chi connectivity index (χ1) is 9.15. The second-order valence-electron chi connectivity index (χ2n) is 5.44. The predicted octanol–water partition coefficient (Wildman–Crippen LogP) is 2.19. The highest BCUT2D eigenvalue weighted by atomic mass is 16.1. The average molecular weight is 262 g/mol. The molecule has 1 aromatic heterocycles. The first-order valence-corrected chi connectivity index (χ1v) is 7.07. The monoisotopic (exact) mass is 262 g/mol. The van der Waals surface area contributed by atoms with Crippen LogP contribution in [-0.2, 0) is 17.8 Å². The van der Waals surface area contributed by atoms with Crippen LogP contribution in [0, 0.1) is 5.92 Å². The Morgan fingerprint density at radius 3 is 2.79 bits per heavy atom. The number of pyridine rings is 1. The van der Waals surface area contributed by atoms with E-state index in [2.05, 4.69) is 6.92 Å². The number of anilines is 1. The molecule has 0 atom stereocenters. The van der Waals surface area contributed by atoms with Gasteiger partial charge < -0.3 is 9.47 Å². The van der Waals surface area contributed by atoms with E-state index in [1.165, 1.54) is 17.7 Å². The maximum Gasteiger partial charge on any atom is 0.252 e. The number of rotatable bonds is 7. The van der Waals surface area contributed by atoms with Crippen LogP contribution in [0.4, 0.5) is 5.69 Å². The van der Waals surface area contributed by atoms with E-state index in [4.69, 9.17) is 0 Å². The summed E-state index contributed by atoms with van der Waals surface area (Å²) in [5.41, 5.74) is 1.84. The third-order valence-corrected chi connectivity index (χ3v) is 3.67. The molecule has 0 radical (unpaired) electrons. The van der Waals surface area contributed by atoms with Crippen LogP contribution in [0.25, 0.3) is 0 Å². The van der Waals surface area contributed by atoms with Crippen LogP contribution >= 0.6 is 0 Å². The summed E-state index contributed by atoms with van der Waals surface area (Å²) in [6, 6.07) is 1.60. The van der Waals surface area contributed by atoms with Gasteiger partial charge in [-0.05, 0) is 37.2 Å². The third kappa shape index (κ3) is 3.46. The number of carbonyl (C=O) groups excluding carboxylic acids is 1. The Labute approximate surface area is 114 Å². The van der Waals surface area contributed by atoms with Crippen molar-refractivity contribution in [3.8, 4) is 0 Å². The van der Waals surface area contributed by atoms with Crippen LogP contribution in [0.1, 0.15) is 38.2 Å². The molecular weight excluding hydrogens is 240 g/mol. The van der Waals surface area contributed by atoms with E-state index in [1.54, 1.807) is 13.1 Å². The van der Waals surface area contributed by atoms with E-state index in [-0.39, 0.29) is 5.56 Å². The fraction of sp³-hybridized carbons (Fsp3) is 0.600. The van der Waals surface area contributed by atoms with Gasteiger partial charge in [0.15, 0.2) is 0 Å². The lowest BCUT2D eigenvalue weighted by atomic mass is 10.1. The molecule has 4 nitrogen and oxygen atoms in total. The number of unbranched alkanes of at least 4 members (excludes halogenated alkanes) is 1. The smallest absolute Gasteiger partial charge is 0.252 e. The Bertz CT molecular complexity index is 503. The van der Waals surface area contributed by atoms with E-state index in [1.807, 2.05) is 10.8 Å². The van der Waals surface area contributed by atoms with Gasteiger partial charge in [-0.3, -0.25) is 9.59 Å². The van der Waals surface area contributed by atoms with Gasteiger partial charge in [0, 0.05) is 25.9 Å². The molecule has 1 aliphatic rings. The minimum absolute atomic E-state index is 0.00384. The highest BCUT2D eigenvalue weighted by Gasteiger charge is 2.22. The zero-order chi connectivity index (χ0) is 13.8. The summed E-state index contributed by atoms with van der Waals surface area (Å²) < 4.78 is 1.81. The molecular formula is C15H22N2O2. The molecule has 1 heterocycles. The average Bonchev–Trinajstić information content (AvgIpc) is 3.22. The standard InChI is InChI=1S/C15H22N2O2/c1-3-4-5-13-10-17(9-12-6-7-12)15(19)8-14(13)16(2)11-18/h8,10-12H,3-7,9H2,1-2H3. The van der Waals surface area contributed by atoms with Crippen molar-refractivity contribution in [2.75, 3.05) is 11.9 Å². The summed E-state index contributed by atoms with van der Waals surface area (Å²) in [6.45, 7) is 2.96. The zero-order valence-corrected chi connectivity index (χ0v) is 11.8. The van der Waals surface area contributed by atoms with Gasteiger partial charge in [0.25, 0.3) is 5.56 Å². The summed E-state index contributed by atoms with van der Waals surface area (Å²) in [5.74, 6) is 0.673. The Kier molecular flexibility index (Phi) is 4.40. The number of hydrogen-bond acceptors (Lipinski definition) is 2. The SMILES string of the molecule is CCCCc1cn(CC2CC2)c(=O)cc1N(C)C=O. The minimum atomic E-state index is -0.00384. The van der Waals surface area contributed by atoms with Gasteiger partial charge in [-0.2, -0.15) is 0 Å². The molecule has 0 spiro atoms. The predicted molar refractivity (Wildman–Crippen MR) is 76.5 cm³/mol. The van der Waals surface area contributed by atoms with Gasteiger partial charge in [-0.25, -0.2) is 0 Å². The second-order valence-corrected chi connectivity index (χ2v) is 5.44. The topological polar surface area (TPSA) is 42.3 Å². The maximum absolute atomic E-state index is 12.1. The lowest BCUT2D eigenvalue weighted by molar-refractivity contribution is -0.107. The summed E-state index contributed by atoms with van der Waals surface area (Å²) in [5, 5.41) is 0. The summed E-state index contributed by atoms with van der Waals surface area (Å²) in [4.78, 5) is 24.5. The molecule has 19 heavy (non-hydrogen) atoms. The lowest BCUT2D eigenvalue weighted by Gasteiger charge is -2.17. The van der Waals surface area contributed by atoms with Gasteiger partial charge in [0.1, 0.15) is 0 Å². The van der Waals surface area contributed by atoms with E-state index >= 15 is 0 Å². The zero-order valence-electron chi connectivity index (χ0n) is 11.8. The summed E-state index contributed by atoms with van der Waals surface area (Å²) in [7, 11) is 1.70. The number of nitrogens with zero attached hydrogens (tertiary/aromatic N) is 2. The molecule has 0 saturated heterocycles. The minimum Gasteiger partial charge on any atom is -0.318 e. The van der Waals surface area contributed by atoms with Crippen molar-refractivity contribution in [3.63, 3.8) is 0 Å². The maximum atomic E-state index is 12.1. The summed E-state index contributed by atoms with van der Waals surface area (Å²) in [6.07, 6.45) is 8.25. The van der Waals surface area contributed by atoms with Gasteiger partial charge in [-0.1, -0.05) is 13.3 Å². The molecule has 0 bridgehead atoms. The van der Waals surface area contributed by atoms with Crippen LogP contribution in [0.3, 0.4) is 0 Å². The van der Waals surface area contributed by atoms with Crippen molar-refractivity contribution in [2.24, 2.45) is 5.92 Å². The second kappa shape index (κ2) is 6.04. The van der Waals surface area contributed by atoms with Gasteiger partial charge >= 0.3 is 0 Å². The molecule has 1 saturated carbocycles. The molecule has 0 unspecified atom stereocenters. The molecule has 0 aromatic carbocycles. The Morgan fingerprint density at radius 1 is 1.47 bits per heavy atom. The molecule has 1 aliphatic carbocycles. The van der Waals surface area contributed by atoms with E-state index < -0.39 is 0 Å². The van der Waals surface area contributed by atoms with E-state index in [0.717, 1.165) is 43.5 Å². The molecule has 4 heteroatoms. The number of hydrogen-bond donors (Lipinski definition) is 0. The van der Waals surface area contributed by atoms with Crippen molar-refractivity contribution in [3.05, 3.63) is 28.2 Å². The number of amides is 1. The largest absolute Gasteiger partial charge is 0.318 e. The van der Waals surface area contributed by atoms with Crippen LogP contribution < -0.4 is 10.5 Å². The van der Waals surface area contributed by atoms with Gasteiger partial charge in [-0.15, -0.1) is 0 Å². The van der Waals surface area contributed by atoms with Gasteiger partial charge in [0.2, 0.25) is 6.41 Å². The van der Waals surface area contributed by atoms with E-state index in [9.17, 15) is 9.59 Å². The molecule has 1 amide bonds. The highest BCUT2D eigenvalue weighted by molar-refractivity contribution is 5.75. The Morgan fingerprint density at radius 2 is 2.21 bits per heavy atom. The van der Waals surface area contributed by atoms with Crippen molar-refractivity contribution >= 4 is 12.1 Å². The number of aromatic nitrogens is 1. The molecule has 0 N–H and O–H groups in total. The Balaban J connectivity index is 2.32. The normalized spacial score (nSPS) is 14.4. The van der Waals surface area contributed by atoms with Crippen molar-refractivity contribution in [1.82, 2.24) is 4.57 Å². The first kappa shape index (κ1) is 13.8. The van der Waals surface area contributed by atoms with Crippen LogP contribution in [-0.4, -0.2) is 18.0 Å². The third-order valence-electron chi connectivity index (χ3n) is 3.67. The molecule has 2 rings (SSSR count). The number of carbonyl (C=O) groups is 1. The van der Waals surface area contributed by atoms with E-state index in [0.29, 0.717) is 5.92 Å². The van der Waals surface area contributed by atoms with Crippen LogP contribution in [0.5, 0.6) is 0 Å². The molecule has 104 valence electrons. The fourth-order valence-corrected chi connectivity index (χ4v) is 2.28. The fourth-order valence-electron chi connectivity index (χ4n) is 2.28. The van der Waals surface area contributed by atoms with Gasteiger partial charge in [0.05, 0.1) is 5.69 Å². The van der Waals surface area contributed by atoms with Crippen LogP contribution in [0.15, 0.2) is 17.1 Å². The Hall–Kier alpha value is -1.58.